The van der Waals surface area contributed by atoms with Crippen molar-refractivity contribution in [1.29, 1.82) is 0 Å². The van der Waals surface area contributed by atoms with E-state index in [1.807, 2.05) is 35.2 Å². The Labute approximate surface area is 181 Å². The Balaban J connectivity index is 1.33. The maximum atomic E-state index is 12.3. The van der Waals surface area contributed by atoms with Crippen LogP contribution in [0, 0.1) is 6.92 Å². The standard InChI is InChI=1S/C20H19N5OS3/c1-13-5-7-14(8-6-13)16-11-28-19(21-16)22-18(26)12-29-20-24-23-17(25(20)2)10-15-4-3-9-27-15/h3-9,11H,10,12H2,1-2H3,(H,21,22,26). The molecule has 1 aromatic carbocycles. The van der Waals surface area contributed by atoms with Gasteiger partial charge >= 0.3 is 0 Å². The zero-order valence-electron chi connectivity index (χ0n) is 16.0. The highest BCUT2D eigenvalue weighted by Gasteiger charge is 2.13. The van der Waals surface area contributed by atoms with Gasteiger partial charge in [-0.05, 0) is 18.4 Å². The molecule has 29 heavy (non-hydrogen) atoms. The summed E-state index contributed by atoms with van der Waals surface area (Å²) in [5.41, 5.74) is 3.11. The number of hydrogen-bond acceptors (Lipinski definition) is 7. The summed E-state index contributed by atoms with van der Waals surface area (Å²) < 4.78 is 1.94. The molecule has 1 N–H and O–H groups in total. The third-order valence-electron chi connectivity index (χ3n) is 4.27. The number of nitrogens with one attached hydrogen (secondary N) is 1. The molecule has 9 heteroatoms. The number of carbonyl (C=O) groups excluding carboxylic acids is 1. The smallest absolute Gasteiger partial charge is 0.236 e. The number of anilines is 1. The third kappa shape index (κ3) is 4.92. The van der Waals surface area contributed by atoms with Gasteiger partial charge in [-0.15, -0.1) is 32.9 Å². The highest BCUT2D eigenvalue weighted by atomic mass is 32.2. The normalized spacial score (nSPS) is 11.0. The molecule has 0 aliphatic heterocycles. The van der Waals surface area contributed by atoms with Crippen LogP contribution in [0.25, 0.3) is 11.3 Å². The van der Waals surface area contributed by atoms with Gasteiger partial charge in [0.2, 0.25) is 5.91 Å². The van der Waals surface area contributed by atoms with Crippen molar-refractivity contribution in [2.45, 2.75) is 18.5 Å². The SMILES string of the molecule is Cc1ccc(-c2csc(NC(=O)CSc3nnc(Cc4cccs4)n3C)n2)cc1. The Morgan fingerprint density at radius 3 is 2.76 bits per heavy atom. The quantitative estimate of drug-likeness (QED) is 0.423. The Kier molecular flexibility index (Phi) is 6.08. The second-order valence-corrected chi connectivity index (χ2v) is 9.29. The Hall–Kier alpha value is -2.49. The first kappa shape index (κ1) is 19.8. The summed E-state index contributed by atoms with van der Waals surface area (Å²) in [5, 5.41) is 16.7. The molecule has 3 heterocycles. The first-order valence-electron chi connectivity index (χ1n) is 8.94. The lowest BCUT2D eigenvalue weighted by atomic mass is 10.1. The maximum Gasteiger partial charge on any atom is 0.236 e. The van der Waals surface area contributed by atoms with Gasteiger partial charge in [0.05, 0.1) is 11.4 Å². The molecular formula is C20H19N5OS3. The second-order valence-electron chi connectivity index (χ2n) is 6.45. The fourth-order valence-corrected chi connectivity index (χ4v) is 4.83. The minimum atomic E-state index is -0.109. The fraction of sp³-hybridized carbons (Fsp3) is 0.200. The van der Waals surface area contributed by atoms with E-state index in [0.29, 0.717) is 5.13 Å². The van der Waals surface area contributed by atoms with Crippen LogP contribution in [0.3, 0.4) is 0 Å². The second kappa shape index (κ2) is 8.89. The van der Waals surface area contributed by atoms with Crippen LogP contribution in [0.5, 0.6) is 0 Å². The van der Waals surface area contributed by atoms with Crippen LogP contribution < -0.4 is 5.32 Å². The van der Waals surface area contributed by atoms with E-state index < -0.39 is 0 Å². The Morgan fingerprint density at radius 1 is 1.17 bits per heavy atom. The first-order chi connectivity index (χ1) is 14.1. The molecule has 0 saturated carbocycles. The number of thiazole rings is 1. The van der Waals surface area contributed by atoms with E-state index in [2.05, 4.69) is 51.0 Å². The van der Waals surface area contributed by atoms with Crippen LogP contribution in [0.15, 0.2) is 52.3 Å². The third-order valence-corrected chi connectivity index (χ3v) is 6.92. The minimum absolute atomic E-state index is 0.109. The molecule has 3 aromatic heterocycles. The zero-order chi connectivity index (χ0) is 20.2. The van der Waals surface area contributed by atoms with Crippen molar-refractivity contribution < 1.29 is 4.79 Å². The van der Waals surface area contributed by atoms with Crippen molar-refractivity contribution in [3.8, 4) is 11.3 Å². The van der Waals surface area contributed by atoms with Crippen molar-refractivity contribution in [2.75, 3.05) is 11.1 Å². The van der Waals surface area contributed by atoms with Gasteiger partial charge in [-0.2, -0.15) is 0 Å². The van der Waals surface area contributed by atoms with Crippen molar-refractivity contribution in [1.82, 2.24) is 19.7 Å². The predicted molar refractivity (Wildman–Crippen MR) is 120 cm³/mol. The molecule has 1 amide bonds. The van der Waals surface area contributed by atoms with Crippen molar-refractivity contribution in [2.24, 2.45) is 7.05 Å². The van der Waals surface area contributed by atoms with Crippen LogP contribution in [0.4, 0.5) is 5.13 Å². The van der Waals surface area contributed by atoms with E-state index in [4.69, 9.17) is 0 Å². The molecular weight excluding hydrogens is 422 g/mol. The van der Waals surface area contributed by atoms with Gasteiger partial charge in [0.1, 0.15) is 5.82 Å². The van der Waals surface area contributed by atoms with Gasteiger partial charge in [0.25, 0.3) is 0 Å². The molecule has 0 fully saturated rings. The van der Waals surface area contributed by atoms with Crippen LogP contribution >= 0.6 is 34.4 Å². The average Bonchev–Trinajstić information content (AvgIpc) is 3.45. The molecule has 0 aliphatic carbocycles. The number of aryl methyl sites for hydroxylation is 1. The number of thiophene rings is 1. The van der Waals surface area contributed by atoms with E-state index in [1.165, 1.54) is 33.5 Å². The molecule has 6 nitrogen and oxygen atoms in total. The largest absolute Gasteiger partial charge is 0.309 e. The van der Waals surface area contributed by atoms with Crippen LogP contribution in [0.2, 0.25) is 0 Å². The number of hydrogen-bond donors (Lipinski definition) is 1. The van der Waals surface area contributed by atoms with E-state index in [1.54, 1.807) is 11.3 Å². The summed E-state index contributed by atoms with van der Waals surface area (Å²) in [4.78, 5) is 18.1. The number of carbonyl (C=O) groups is 1. The number of amides is 1. The lowest BCUT2D eigenvalue weighted by Crippen LogP contribution is -2.14. The molecule has 0 spiro atoms. The lowest BCUT2D eigenvalue weighted by molar-refractivity contribution is -0.113. The van der Waals surface area contributed by atoms with Gasteiger partial charge in [-0.3, -0.25) is 4.79 Å². The van der Waals surface area contributed by atoms with Crippen molar-refractivity contribution >= 4 is 45.5 Å². The van der Waals surface area contributed by atoms with Gasteiger partial charge < -0.3 is 9.88 Å². The van der Waals surface area contributed by atoms with Crippen molar-refractivity contribution in [3.05, 3.63) is 63.4 Å². The van der Waals surface area contributed by atoms with Gasteiger partial charge in [0.15, 0.2) is 10.3 Å². The molecule has 0 bridgehead atoms. The predicted octanol–water partition coefficient (Wildman–Crippen LogP) is 4.63. The number of thioether (sulfide) groups is 1. The number of aromatic nitrogens is 4. The Bertz CT molecular complexity index is 1100. The molecule has 0 unspecified atom stereocenters. The Morgan fingerprint density at radius 2 is 2.00 bits per heavy atom. The number of nitrogens with zero attached hydrogens (tertiary/aromatic N) is 4. The van der Waals surface area contributed by atoms with Crippen LogP contribution in [-0.2, 0) is 18.3 Å². The van der Waals surface area contributed by atoms with Crippen molar-refractivity contribution in [3.63, 3.8) is 0 Å². The van der Waals surface area contributed by atoms with Crippen LogP contribution in [0.1, 0.15) is 16.3 Å². The summed E-state index contributed by atoms with van der Waals surface area (Å²) in [6, 6.07) is 12.3. The molecule has 148 valence electrons. The molecule has 4 aromatic rings. The lowest BCUT2D eigenvalue weighted by Gasteiger charge is -2.03. The fourth-order valence-electron chi connectivity index (χ4n) is 2.67. The van der Waals surface area contributed by atoms with Gasteiger partial charge in [-0.1, -0.05) is 47.7 Å². The molecule has 0 aliphatic rings. The zero-order valence-corrected chi connectivity index (χ0v) is 18.4. The monoisotopic (exact) mass is 441 g/mol. The molecule has 0 radical (unpaired) electrons. The first-order valence-corrected chi connectivity index (χ1v) is 11.7. The van der Waals surface area contributed by atoms with E-state index in [0.717, 1.165) is 28.7 Å². The van der Waals surface area contributed by atoms with Gasteiger partial charge in [0, 0.05) is 29.3 Å². The highest BCUT2D eigenvalue weighted by molar-refractivity contribution is 7.99. The highest BCUT2D eigenvalue weighted by Crippen LogP contribution is 2.25. The number of benzene rings is 1. The number of rotatable bonds is 7. The van der Waals surface area contributed by atoms with E-state index in [-0.39, 0.29) is 11.7 Å². The summed E-state index contributed by atoms with van der Waals surface area (Å²) in [6.07, 6.45) is 0.745. The summed E-state index contributed by atoms with van der Waals surface area (Å²) in [5.74, 6) is 1.03. The topological polar surface area (TPSA) is 72.7 Å². The van der Waals surface area contributed by atoms with E-state index >= 15 is 0 Å². The molecule has 0 atom stereocenters. The van der Waals surface area contributed by atoms with Gasteiger partial charge in [-0.25, -0.2) is 4.98 Å². The molecule has 0 saturated heterocycles. The molecule has 4 rings (SSSR count). The maximum absolute atomic E-state index is 12.3. The average molecular weight is 442 g/mol. The van der Waals surface area contributed by atoms with E-state index in [9.17, 15) is 4.79 Å². The minimum Gasteiger partial charge on any atom is -0.309 e. The van der Waals surface area contributed by atoms with Crippen LogP contribution in [-0.4, -0.2) is 31.4 Å². The summed E-state index contributed by atoms with van der Waals surface area (Å²) in [7, 11) is 1.93. The summed E-state index contributed by atoms with van der Waals surface area (Å²) >= 11 is 4.49. The summed E-state index contributed by atoms with van der Waals surface area (Å²) in [6.45, 7) is 2.05.